The fourth-order valence-corrected chi connectivity index (χ4v) is 5.22. The lowest BCUT2D eigenvalue weighted by Crippen LogP contribution is -2.50. The Morgan fingerprint density at radius 1 is 1.37 bits per heavy atom. The van der Waals surface area contributed by atoms with Gasteiger partial charge in [0, 0.05) is 5.92 Å². The Morgan fingerprint density at radius 3 is 2.57 bits per heavy atom. The zero-order valence-electron chi connectivity index (χ0n) is 20.9. The molecule has 3 rings (SSSR count). The molecule has 2 aromatic rings. The summed E-state index contributed by atoms with van der Waals surface area (Å²) in [5.41, 5.74) is -0.554. The number of aromatic nitrogens is 4. The van der Waals surface area contributed by atoms with E-state index in [0.29, 0.717) is 0 Å². The summed E-state index contributed by atoms with van der Waals surface area (Å²) in [6, 6.07) is 0. The Labute approximate surface area is 204 Å². The summed E-state index contributed by atoms with van der Waals surface area (Å²) in [6.45, 7) is 13.1. The number of hydrogen-bond donors (Lipinski definition) is 4. The zero-order valence-corrected chi connectivity index (χ0v) is 22.9. The quantitative estimate of drug-likeness (QED) is 0.290. The summed E-state index contributed by atoms with van der Waals surface area (Å²) in [5, 5.41) is 12.4. The van der Waals surface area contributed by atoms with E-state index in [1.807, 2.05) is 33.9 Å². The first-order chi connectivity index (χ1) is 16.2. The molecule has 0 radical (unpaired) electrons. The van der Waals surface area contributed by atoms with Crippen LogP contribution in [-0.2, 0) is 23.0 Å². The molecule has 0 bridgehead atoms. The molecule has 1 aliphatic heterocycles. The highest BCUT2D eigenvalue weighted by Crippen LogP contribution is 2.44. The van der Waals surface area contributed by atoms with E-state index in [1.54, 1.807) is 13.8 Å². The molecule has 15 heteroatoms. The second-order valence-electron chi connectivity index (χ2n) is 10.3. The Bertz CT molecular complexity index is 1160. The summed E-state index contributed by atoms with van der Waals surface area (Å²) >= 11 is 0. The number of nitrogens with one attached hydrogen (secondary N) is 2. The van der Waals surface area contributed by atoms with Crippen molar-refractivity contribution in [2.24, 2.45) is 5.92 Å². The highest BCUT2D eigenvalue weighted by molar-refractivity contribution is 7.32. The fourth-order valence-electron chi connectivity index (χ4n) is 3.41. The van der Waals surface area contributed by atoms with Gasteiger partial charge in [-0.3, -0.25) is 33.5 Å². The number of H-pyrrole nitrogens is 1. The molecule has 13 nitrogen and oxygen atoms in total. The van der Waals surface area contributed by atoms with Crippen LogP contribution >= 0.6 is 8.25 Å². The van der Waals surface area contributed by atoms with E-state index in [1.165, 1.54) is 10.9 Å². The van der Waals surface area contributed by atoms with Gasteiger partial charge in [0.2, 0.25) is 11.9 Å². The number of aromatic amines is 1. The minimum atomic E-state index is -3.44. The van der Waals surface area contributed by atoms with Gasteiger partial charge in [0.15, 0.2) is 25.7 Å². The smallest absolute Gasteiger partial charge is 0.317 e. The van der Waals surface area contributed by atoms with E-state index in [9.17, 15) is 24.2 Å². The third-order valence-corrected chi connectivity index (χ3v) is 11.4. The maximum atomic E-state index is 12.6. The van der Waals surface area contributed by atoms with Crippen molar-refractivity contribution in [1.29, 1.82) is 0 Å². The van der Waals surface area contributed by atoms with Crippen LogP contribution in [-0.4, -0.2) is 68.7 Å². The molecule has 1 saturated heterocycles. The molecule has 1 fully saturated rings. The normalized spacial score (nSPS) is 24.3. The van der Waals surface area contributed by atoms with Crippen LogP contribution in [0.1, 0.15) is 40.8 Å². The second kappa shape index (κ2) is 10.2. The Hall–Kier alpha value is -1.93. The predicted octanol–water partition coefficient (Wildman–Crippen LogP) is 1.76. The van der Waals surface area contributed by atoms with E-state index >= 15 is 0 Å². The molecule has 0 aromatic carbocycles. The van der Waals surface area contributed by atoms with Gasteiger partial charge in [-0.05, 0) is 18.1 Å². The maximum Gasteiger partial charge on any atom is 0.317 e. The van der Waals surface area contributed by atoms with Crippen LogP contribution in [0, 0.1) is 5.92 Å². The number of carbonyl (C=O) groups excluding carboxylic acids is 1. The topological polar surface area (TPSA) is 178 Å². The Kier molecular flexibility index (Phi) is 8.06. The lowest BCUT2D eigenvalue weighted by molar-refractivity contribution is -0.118. The van der Waals surface area contributed by atoms with Crippen molar-refractivity contribution in [2.45, 2.75) is 77.3 Å². The number of carbonyl (C=O) groups is 1. The summed E-state index contributed by atoms with van der Waals surface area (Å²) in [7, 11) is -5.87. The van der Waals surface area contributed by atoms with Gasteiger partial charge >= 0.3 is 8.25 Å². The molecule has 4 N–H and O–H groups in total. The lowest BCUT2D eigenvalue weighted by Gasteiger charge is -2.40. The summed E-state index contributed by atoms with van der Waals surface area (Å²) in [4.78, 5) is 45.2. The average Bonchev–Trinajstić information content (AvgIpc) is 3.28. The van der Waals surface area contributed by atoms with Crippen molar-refractivity contribution in [1.82, 2.24) is 19.5 Å². The first-order valence-corrected chi connectivity index (χ1v) is 15.4. The van der Waals surface area contributed by atoms with Gasteiger partial charge in [0.05, 0.1) is 12.9 Å². The highest BCUT2D eigenvalue weighted by atomic mass is 31.1. The van der Waals surface area contributed by atoms with E-state index in [-0.39, 0.29) is 34.0 Å². The lowest BCUT2D eigenvalue weighted by atomic mass is 10.1. The molecule has 0 aliphatic carbocycles. The van der Waals surface area contributed by atoms with E-state index in [2.05, 4.69) is 20.3 Å². The predicted molar refractivity (Wildman–Crippen MR) is 131 cm³/mol. The van der Waals surface area contributed by atoms with Crippen molar-refractivity contribution >= 4 is 39.6 Å². The SMILES string of the molecule is CC(C)C(=O)Nc1nc2c(ncn2[C@@H]2O[C@H](CO)C(O[Si](C)(C)C(C)(C)C)[C@H]2O[PH](=O)O)c(=O)[nH]1. The van der Waals surface area contributed by atoms with Crippen LogP contribution in [0.5, 0.6) is 0 Å². The van der Waals surface area contributed by atoms with E-state index in [0.717, 1.165) is 0 Å². The number of ether oxygens (including phenoxy) is 1. The number of anilines is 1. The van der Waals surface area contributed by atoms with E-state index in [4.69, 9.17) is 13.7 Å². The number of nitrogens with zero attached hydrogens (tertiary/aromatic N) is 3. The molecule has 0 saturated carbocycles. The zero-order chi connectivity index (χ0) is 26.3. The minimum Gasteiger partial charge on any atom is -0.408 e. The molecule has 196 valence electrons. The highest BCUT2D eigenvalue weighted by Gasteiger charge is 2.52. The fraction of sp³-hybridized carbons (Fsp3) is 0.700. The Balaban J connectivity index is 2.07. The monoisotopic (exact) mass is 531 g/mol. The van der Waals surface area contributed by atoms with Crippen molar-refractivity contribution in [3.05, 3.63) is 16.7 Å². The number of aliphatic hydroxyl groups is 1. The molecule has 35 heavy (non-hydrogen) atoms. The second-order valence-corrected chi connectivity index (χ2v) is 15.8. The molecular weight excluding hydrogens is 497 g/mol. The standard InChI is InChI=1S/C20H34N5O8PSi/c1-10(2)16(27)23-19-22-15-12(17(28)24-19)21-9-25(15)18-14(32-34(29)30)13(11(8-26)31-18)33-35(6,7)20(3,4)5/h9-11,13-14,18,26,34H,8H2,1-7H3,(H,29,30)(H2,22,23,24,27,28)/t11-,13?,14-,18-/m1/s1. The van der Waals surface area contributed by atoms with Gasteiger partial charge < -0.3 is 19.2 Å². The summed E-state index contributed by atoms with van der Waals surface area (Å²) in [6.07, 6.45) is -2.65. The largest absolute Gasteiger partial charge is 0.408 e. The van der Waals surface area contributed by atoms with Crippen molar-refractivity contribution < 1.29 is 33.0 Å². The average molecular weight is 532 g/mol. The number of imidazole rings is 1. The molecule has 3 heterocycles. The first-order valence-electron chi connectivity index (χ1n) is 11.3. The van der Waals surface area contributed by atoms with Gasteiger partial charge in [-0.2, -0.15) is 4.98 Å². The van der Waals surface area contributed by atoms with Gasteiger partial charge in [-0.1, -0.05) is 34.6 Å². The number of hydrogen-bond acceptors (Lipinski definition) is 9. The van der Waals surface area contributed by atoms with Crippen LogP contribution in [0.15, 0.2) is 11.1 Å². The van der Waals surface area contributed by atoms with Gasteiger partial charge in [0.25, 0.3) is 5.56 Å². The minimum absolute atomic E-state index is 0.0270. The summed E-state index contributed by atoms with van der Waals surface area (Å²) < 4.78 is 31.0. The third-order valence-electron chi connectivity index (χ3n) is 6.41. The summed E-state index contributed by atoms with van der Waals surface area (Å²) in [5.74, 6) is -0.779. The first kappa shape index (κ1) is 27.7. The van der Waals surface area contributed by atoms with Crippen molar-refractivity contribution in [2.75, 3.05) is 11.9 Å². The van der Waals surface area contributed by atoms with Crippen molar-refractivity contribution in [3.8, 4) is 0 Å². The molecule has 2 unspecified atom stereocenters. The number of rotatable bonds is 8. The maximum absolute atomic E-state index is 12.6. The Morgan fingerprint density at radius 2 is 2.03 bits per heavy atom. The number of fused-ring (bicyclic) bond motifs is 1. The van der Waals surface area contributed by atoms with Gasteiger partial charge in [-0.25, -0.2) is 4.98 Å². The van der Waals surface area contributed by atoms with Crippen LogP contribution in [0.3, 0.4) is 0 Å². The van der Waals surface area contributed by atoms with Gasteiger partial charge in [0.1, 0.15) is 18.3 Å². The van der Waals surface area contributed by atoms with Crippen molar-refractivity contribution in [3.63, 3.8) is 0 Å². The molecule has 2 aromatic heterocycles. The molecule has 1 amide bonds. The van der Waals surface area contributed by atoms with Crippen LogP contribution in [0.4, 0.5) is 5.95 Å². The van der Waals surface area contributed by atoms with Gasteiger partial charge in [-0.15, -0.1) is 0 Å². The molecule has 1 aliphatic rings. The molecule has 0 spiro atoms. The third kappa shape index (κ3) is 5.74. The van der Waals surface area contributed by atoms with Crippen LogP contribution < -0.4 is 10.9 Å². The van der Waals surface area contributed by atoms with Crippen LogP contribution in [0.25, 0.3) is 11.2 Å². The number of amides is 1. The van der Waals surface area contributed by atoms with Crippen LogP contribution in [0.2, 0.25) is 18.1 Å². The molecule has 5 atom stereocenters. The number of aliphatic hydroxyl groups excluding tert-OH is 1. The molecular formula is C20H34N5O8PSi. The van der Waals surface area contributed by atoms with E-state index < -0.39 is 53.3 Å².